The van der Waals surface area contributed by atoms with Crippen LogP contribution in [-0.4, -0.2) is 38.9 Å². The van der Waals surface area contributed by atoms with E-state index in [9.17, 15) is 27.6 Å². The minimum atomic E-state index is -4.54. The zero-order chi connectivity index (χ0) is 29.7. The van der Waals surface area contributed by atoms with Gasteiger partial charge >= 0.3 is 12.1 Å². The molecule has 4 aromatic rings. The largest absolute Gasteiger partial charge is 0.481 e. The van der Waals surface area contributed by atoms with E-state index in [0.29, 0.717) is 40.8 Å². The number of aliphatic carboxylic acids is 1. The second-order valence-corrected chi connectivity index (χ2v) is 10.1. The summed E-state index contributed by atoms with van der Waals surface area (Å²) in [6, 6.07) is 15.6. The van der Waals surface area contributed by atoms with Crippen LogP contribution in [0.2, 0.25) is 5.02 Å². The van der Waals surface area contributed by atoms with Gasteiger partial charge in [-0.05, 0) is 66.9 Å². The minimum absolute atomic E-state index is 0.00992. The van der Waals surface area contributed by atoms with E-state index in [4.69, 9.17) is 16.7 Å². The quantitative estimate of drug-likeness (QED) is 0.190. The summed E-state index contributed by atoms with van der Waals surface area (Å²) in [5.41, 5.74) is 1.15. The summed E-state index contributed by atoms with van der Waals surface area (Å²) in [4.78, 5) is 41.0. The van der Waals surface area contributed by atoms with Crippen LogP contribution in [0.3, 0.4) is 0 Å². The molecule has 11 heteroatoms. The Bertz CT molecular complexity index is 1570. The molecule has 0 aliphatic heterocycles. The van der Waals surface area contributed by atoms with Crippen molar-refractivity contribution in [2.75, 3.05) is 6.54 Å². The average molecular weight is 586 g/mol. The zero-order valence-corrected chi connectivity index (χ0v) is 22.8. The topological polar surface area (TPSA) is 101 Å². The van der Waals surface area contributed by atoms with Crippen molar-refractivity contribution in [1.82, 2.24) is 14.9 Å². The van der Waals surface area contributed by atoms with Crippen molar-refractivity contribution in [3.63, 3.8) is 0 Å². The number of carboxylic acid groups (broad SMARTS) is 1. The maximum atomic E-state index is 14.0. The fourth-order valence-corrected chi connectivity index (χ4v) is 4.83. The fraction of sp³-hybridized carbons (Fsp3) is 0.267. The molecule has 0 aliphatic rings. The Labute approximate surface area is 239 Å². The van der Waals surface area contributed by atoms with Crippen molar-refractivity contribution in [1.29, 1.82) is 0 Å². The summed E-state index contributed by atoms with van der Waals surface area (Å²) in [6.45, 7) is 1.97. The van der Waals surface area contributed by atoms with Crippen LogP contribution in [-0.2, 0) is 17.4 Å². The Morgan fingerprint density at radius 3 is 2.39 bits per heavy atom. The fourth-order valence-electron chi connectivity index (χ4n) is 4.65. The van der Waals surface area contributed by atoms with Crippen LogP contribution in [0.15, 0.2) is 66.9 Å². The number of nitrogens with one attached hydrogen (secondary N) is 1. The molecule has 0 aliphatic carbocycles. The van der Waals surface area contributed by atoms with E-state index in [1.165, 1.54) is 6.07 Å². The van der Waals surface area contributed by atoms with Gasteiger partial charge in [0.05, 0.1) is 23.2 Å². The first kappa shape index (κ1) is 29.8. The number of pyridine rings is 1. The van der Waals surface area contributed by atoms with Crippen LogP contribution >= 0.6 is 11.6 Å². The van der Waals surface area contributed by atoms with Crippen molar-refractivity contribution < 1.29 is 32.7 Å². The maximum absolute atomic E-state index is 14.0. The van der Waals surface area contributed by atoms with E-state index in [-0.39, 0.29) is 30.3 Å². The lowest BCUT2D eigenvalue weighted by molar-refractivity contribution is -0.138. The van der Waals surface area contributed by atoms with Crippen molar-refractivity contribution in [3.05, 3.63) is 94.3 Å². The number of hydrogen-bond donors (Lipinski definition) is 2. The summed E-state index contributed by atoms with van der Waals surface area (Å²) in [5, 5.41) is 12.4. The Morgan fingerprint density at radius 1 is 1.05 bits per heavy atom. The van der Waals surface area contributed by atoms with Crippen molar-refractivity contribution in [2.24, 2.45) is 5.92 Å². The molecular formula is C30H27ClF3N3O4. The number of ketones is 1. The highest BCUT2D eigenvalue weighted by Gasteiger charge is 2.31. The molecular weight excluding hydrogens is 559 g/mol. The second-order valence-electron chi connectivity index (χ2n) is 9.62. The molecule has 0 fully saturated rings. The van der Waals surface area contributed by atoms with Crippen LogP contribution in [0.4, 0.5) is 13.2 Å². The molecule has 0 saturated carbocycles. The SMILES string of the molecule is CCCC(Cc1ccc(C(=O)NCCC(=O)O)cc1)C(=O)c1cc2cc(Cl)ccc2n1-c1ccc(C(F)(F)F)cn1. The van der Waals surface area contributed by atoms with Crippen LogP contribution < -0.4 is 5.32 Å². The molecule has 0 saturated heterocycles. The van der Waals surface area contributed by atoms with Gasteiger partial charge in [0.15, 0.2) is 5.78 Å². The molecule has 2 aromatic heterocycles. The molecule has 2 N–H and O–H groups in total. The first-order valence-corrected chi connectivity index (χ1v) is 13.3. The smallest absolute Gasteiger partial charge is 0.417 e. The third kappa shape index (κ3) is 7.13. The molecule has 1 amide bonds. The molecule has 0 spiro atoms. The molecule has 4 rings (SSSR count). The first-order chi connectivity index (χ1) is 19.5. The average Bonchev–Trinajstić information content (AvgIpc) is 3.30. The van der Waals surface area contributed by atoms with E-state index in [0.717, 1.165) is 17.8 Å². The number of carbonyl (C=O) groups excluding carboxylic acids is 2. The molecule has 0 bridgehead atoms. The zero-order valence-electron chi connectivity index (χ0n) is 22.0. The lowest BCUT2D eigenvalue weighted by atomic mass is 9.89. The van der Waals surface area contributed by atoms with Gasteiger partial charge in [0.25, 0.3) is 5.91 Å². The van der Waals surface area contributed by atoms with Gasteiger partial charge in [0, 0.05) is 34.6 Å². The highest BCUT2D eigenvalue weighted by molar-refractivity contribution is 6.31. The number of hydrogen-bond acceptors (Lipinski definition) is 4. The predicted octanol–water partition coefficient (Wildman–Crippen LogP) is 6.74. The molecule has 0 radical (unpaired) electrons. The number of nitrogens with zero attached hydrogens (tertiary/aromatic N) is 2. The Hall–Kier alpha value is -4.18. The number of amides is 1. The number of carboxylic acids is 1. The van der Waals surface area contributed by atoms with Gasteiger partial charge in [-0.3, -0.25) is 19.0 Å². The van der Waals surface area contributed by atoms with Gasteiger partial charge < -0.3 is 10.4 Å². The summed E-state index contributed by atoms with van der Waals surface area (Å²) in [6.07, 6.45) is -2.35. The third-order valence-electron chi connectivity index (χ3n) is 6.65. The summed E-state index contributed by atoms with van der Waals surface area (Å²) < 4.78 is 41.0. The van der Waals surface area contributed by atoms with Crippen LogP contribution in [0.25, 0.3) is 16.7 Å². The van der Waals surface area contributed by atoms with Gasteiger partial charge in [0.1, 0.15) is 5.82 Å². The van der Waals surface area contributed by atoms with E-state index >= 15 is 0 Å². The number of carbonyl (C=O) groups is 3. The molecule has 1 unspecified atom stereocenters. The summed E-state index contributed by atoms with van der Waals surface area (Å²) >= 11 is 6.18. The van der Waals surface area contributed by atoms with E-state index in [1.54, 1.807) is 53.1 Å². The Morgan fingerprint density at radius 2 is 1.78 bits per heavy atom. The van der Waals surface area contributed by atoms with Crippen LogP contribution in [0.5, 0.6) is 0 Å². The summed E-state index contributed by atoms with van der Waals surface area (Å²) in [5.74, 6) is -1.89. The van der Waals surface area contributed by atoms with E-state index in [1.807, 2.05) is 6.92 Å². The van der Waals surface area contributed by atoms with Crippen molar-refractivity contribution in [3.8, 4) is 5.82 Å². The van der Waals surface area contributed by atoms with Gasteiger partial charge in [-0.2, -0.15) is 13.2 Å². The normalized spacial score (nSPS) is 12.3. The first-order valence-electron chi connectivity index (χ1n) is 13.0. The number of Topliss-reactive ketones (excluding diaryl/α,β-unsaturated/α-hetero) is 1. The number of fused-ring (bicyclic) bond motifs is 1. The van der Waals surface area contributed by atoms with Crippen LogP contribution in [0.1, 0.15) is 58.2 Å². The van der Waals surface area contributed by atoms with Gasteiger partial charge in [-0.15, -0.1) is 0 Å². The second kappa shape index (κ2) is 12.6. The molecule has 2 aromatic carbocycles. The number of aromatic nitrogens is 2. The number of halogens is 4. The molecule has 214 valence electrons. The van der Waals surface area contributed by atoms with Crippen molar-refractivity contribution >= 4 is 40.2 Å². The van der Waals surface area contributed by atoms with E-state index in [2.05, 4.69) is 10.3 Å². The Kier molecular flexibility index (Phi) is 9.12. The predicted molar refractivity (Wildman–Crippen MR) is 149 cm³/mol. The number of rotatable bonds is 11. The van der Waals surface area contributed by atoms with Crippen LogP contribution in [0, 0.1) is 5.92 Å². The molecule has 41 heavy (non-hydrogen) atoms. The highest BCUT2D eigenvalue weighted by atomic mass is 35.5. The standard InChI is InChI=1S/C30H27ClF3N3O4/c1-2-3-20(14-18-4-6-19(7-5-18)29(41)35-13-12-27(38)39)28(40)25-16-21-15-23(31)9-10-24(21)37(25)26-11-8-22(17-36-26)30(32,33)34/h4-11,15-17,20H,2-3,12-14H2,1H3,(H,35,41)(H,38,39). The number of alkyl halides is 3. The van der Waals surface area contributed by atoms with Gasteiger partial charge in [-0.1, -0.05) is 37.1 Å². The van der Waals surface area contributed by atoms with Crippen molar-refractivity contribution in [2.45, 2.75) is 38.8 Å². The van der Waals surface area contributed by atoms with E-state index < -0.39 is 29.5 Å². The summed E-state index contributed by atoms with van der Waals surface area (Å²) in [7, 11) is 0. The molecule has 2 heterocycles. The molecule has 1 atom stereocenters. The highest BCUT2D eigenvalue weighted by Crippen LogP contribution is 2.32. The lowest BCUT2D eigenvalue weighted by Crippen LogP contribution is -2.26. The maximum Gasteiger partial charge on any atom is 0.417 e. The number of benzene rings is 2. The minimum Gasteiger partial charge on any atom is -0.481 e. The van der Waals surface area contributed by atoms with Gasteiger partial charge in [0.2, 0.25) is 0 Å². The molecule has 7 nitrogen and oxygen atoms in total. The Balaban J connectivity index is 1.64. The third-order valence-corrected chi connectivity index (χ3v) is 6.89. The monoisotopic (exact) mass is 585 g/mol. The lowest BCUT2D eigenvalue weighted by Gasteiger charge is -2.18. The van der Waals surface area contributed by atoms with Gasteiger partial charge in [-0.25, -0.2) is 4.98 Å².